The molecule has 0 saturated heterocycles. The fraction of sp³-hybridized carbons (Fsp3) is 0.667. The van der Waals surface area contributed by atoms with Crippen molar-refractivity contribution in [1.29, 1.82) is 0 Å². The van der Waals surface area contributed by atoms with Gasteiger partial charge in [0.15, 0.2) is 0 Å². The SMILES string of the molecule is CN(CC1(CO)CCCC1)c1ncc(Cl)cn1. The Kier molecular flexibility index (Phi) is 3.84. The predicted octanol–water partition coefficient (Wildman–Crippen LogP) is 2.12. The average Bonchev–Trinajstić information content (AvgIpc) is 2.79. The lowest BCUT2D eigenvalue weighted by molar-refractivity contribution is 0.136. The molecule has 1 heterocycles. The van der Waals surface area contributed by atoms with E-state index in [4.69, 9.17) is 11.6 Å². The van der Waals surface area contributed by atoms with E-state index in [1.54, 1.807) is 12.4 Å². The molecule has 0 amide bonds. The smallest absolute Gasteiger partial charge is 0.225 e. The van der Waals surface area contributed by atoms with Crippen LogP contribution in [0.15, 0.2) is 12.4 Å². The van der Waals surface area contributed by atoms with Crippen molar-refractivity contribution < 1.29 is 5.11 Å². The summed E-state index contributed by atoms with van der Waals surface area (Å²) in [4.78, 5) is 10.4. The van der Waals surface area contributed by atoms with Crippen molar-refractivity contribution in [3.05, 3.63) is 17.4 Å². The number of hydrogen-bond donors (Lipinski definition) is 1. The third-order valence-electron chi connectivity index (χ3n) is 3.52. The Balaban J connectivity index is 2.05. The Morgan fingerprint density at radius 1 is 1.35 bits per heavy atom. The van der Waals surface area contributed by atoms with E-state index < -0.39 is 0 Å². The van der Waals surface area contributed by atoms with Gasteiger partial charge in [-0.15, -0.1) is 0 Å². The molecule has 1 aliphatic rings. The van der Waals surface area contributed by atoms with E-state index in [1.807, 2.05) is 11.9 Å². The topological polar surface area (TPSA) is 49.2 Å². The van der Waals surface area contributed by atoms with Crippen molar-refractivity contribution in [3.63, 3.8) is 0 Å². The molecule has 1 aliphatic carbocycles. The van der Waals surface area contributed by atoms with Gasteiger partial charge < -0.3 is 10.0 Å². The molecule has 1 aromatic heterocycles. The maximum Gasteiger partial charge on any atom is 0.225 e. The summed E-state index contributed by atoms with van der Waals surface area (Å²) >= 11 is 5.76. The van der Waals surface area contributed by atoms with Crippen LogP contribution >= 0.6 is 11.6 Å². The Morgan fingerprint density at radius 2 is 1.94 bits per heavy atom. The minimum atomic E-state index is 0.0255. The molecular weight excluding hydrogens is 238 g/mol. The minimum absolute atomic E-state index is 0.0255. The Hall–Kier alpha value is -0.870. The van der Waals surface area contributed by atoms with Gasteiger partial charge in [-0.1, -0.05) is 24.4 Å². The summed E-state index contributed by atoms with van der Waals surface area (Å²) in [6.45, 7) is 1.04. The van der Waals surface area contributed by atoms with Crippen LogP contribution in [0.4, 0.5) is 5.95 Å². The van der Waals surface area contributed by atoms with E-state index in [0.29, 0.717) is 11.0 Å². The number of halogens is 1. The lowest BCUT2D eigenvalue weighted by Crippen LogP contribution is -2.37. The monoisotopic (exact) mass is 255 g/mol. The van der Waals surface area contributed by atoms with E-state index in [-0.39, 0.29) is 12.0 Å². The van der Waals surface area contributed by atoms with Gasteiger partial charge in [-0.2, -0.15) is 0 Å². The zero-order valence-corrected chi connectivity index (χ0v) is 10.8. The fourth-order valence-corrected chi connectivity index (χ4v) is 2.67. The molecule has 17 heavy (non-hydrogen) atoms. The lowest BCUT2D eigenvalue weighted by Gasteiger charge is -2.31. The van der Waals surface area contributed by atoms with Crippen LogP contribution in [-0.2, 0) is 0 Å². The quantitative estimate of drug-likeness (QED) is 0.895. The van der Waals surface area contributed by atoms with Gasteiger partial charge in [0.1, 0.15) is 0 Å². The largest absolute Gasteiger partial charge is 0.396 e. The number of hydrogen-bond acceptors (Lipinski definition) is 4. The summed E-state index contributed by atoms with van der Waals surface area (Å²) in [6.07, 6.45) is 7.77. The zero-order valence-electron chi connectivity index (χ0n) is 10.1. The van der Waals surface area contributed by atoms with Crippen LogP contribution in [0.25, 0.3) is 0 Å². The molecule has 0 atom stereocenters. The normalized spacial score (nSPS) is 18.3. The van der Waals surface area contributed by atoms with Crippen LogP contribution in [-0.4, -0.2) is 35.3 Å². The van der Waals surface area contributed by atoms with Crippen molar-refractivity contribution >= 4 is 17.5 Å². The van der Waals surface area contributed by atoms with E-state index >= 15 is 0 Å². The van der Waals surface area contributed by atoms with E-state index in [0.717, 1.165) is 19.4 Å². The number of aromatic nitrogens is 2. The minimum Gasteiger partial charge on any atom is -0.396 e. The molecule has 2 rings (SSSR count). The third-order valence-corrected chi connectivity index (χ3v) is 3.72. The Labute approximate surface area is 107 Å². The predicted molar refractivity (Wildman–Crippen MR) is 68.3 cm³/mol. The van der Waals surface area contributed by atoms with Gasteiger partial charge in [-0.05, 0) is 12.8 Å². The molecule has 0 spiro atoms. The first-order chi connectivity index (χ1) is 8.15. The van der Waals surface area contributed by atoms with E-state index in [1.165, 1.54) is 12.8 Å². The van der Waals surface area contributed by atoms with Crippen molar-refractivity contribution in [2.75, 3.05) is 25.1 Å². The maximum atomic E-state index is 9.57. The van der Waals surface area contributed by atoms with Gasteiger partial charge in [0.05, 0.1) is 24.0 Å². The number of aliphatic hydroxyl groups is 1. The van der Waals surface area contributed by atoms with Gasteiger partial charge in [0.25, 0.3) is 0 Å². The maximum absolute atomic E-state index is 9.57. The van der Waals surface area contributed by atoms with Crippen molar-refractivity contribution in [2.45, 2.75) is 25.7 Å². The molecule has 0 radical (unpaired) electrons. The van der Waals surface area contributed by atoms with Gasteiger partial charge in [-0.25, -0.2) is 9.97 Å². The molecule has 1 fully saturated rings. The first-order valence-corrected chi connectivity index (χ1v) is 6.33. The van der Waals surface area contributed by atoms with Gasteiger partial charge in [0, 0.05) is 19.0 Å². The van der Waals surface area contributed by atoms with E-state index in [9.17, 15) is 5.11 Å². The molecule has 94 valence electrons. The Morgan fingerprint density at radius 3 is 2.47 bits per heavy atom. The zero-order chi connectivity index (χ0) is 12.3. The summed E-state index contributed by atoms with van der Waals surface area (Å²) in [7, 11) is 1.96. The first-order valence-electron chi connectivity index (χ1n) is 5.95. The van der Waals surface area contributed by atoms with Crippen LogP contribution in [0.5, 0.6) is 0 Å². The molecular formula is C12H18ClN3O. The summed E-state index contributed by atoms with van der Waals surface area (Å²) in [5, 5.41) is 10.1. The molecule has 0 aliphatic heterocycles. The van der Waals surface area contributed by atoms with Gasteiger partial charge >= 0.3 is 0 Å². The van der Waals surface area contributed by atoms with Crippen LogP contribution in [0.3, 0.4) is 0 Å². The number of anilines is 1. The third kappa shape index (κ3) is 2.87. The molecule has 4 nitrogen and oxygen atoms in total. The second kappa shape index (κ2) is 5.19. The Bertz CT molecular complexity index is 363. The van der Waals surface area contributed by atoms with Crippen LogP contribution in [0.1, 0.15) is 25.7 Å². The number of aliphatic hydroxyl groups excluding tert-OH is 1. The average molecular weight is 256 g/mol. The van der Waals surface area contributed by atoms with Crippen molar-refractivity contribution in [3.8, 4) is 0 Å². The summed E-state index contributed by atoms with van der Waals surface area (Å²) < 4.78 is 0. The molecule has 0 aromatic carbocycles. The van der Waals surface area contributed by atoms with Crippen LogP contribution < -0.4 is 4.90 Å². The molecule has 5 heteroatoms. The molecule has 1 aromatic rings. The second-order valence-electron chi connectivity index (χ2n) is 4.92. The summed E-state index contributed by atoms with van der Waals surface area (Å²) in [5.74, 6) is 0.661. The number of nitrogens with zero attached hydrogens (tertiary/aromatic N) is 3. The highest BCUT2D eigenvalue weighted by atomic mass is 35.5. The van der Waals surface area contributed by atoms with Crippen molar-refractivity contribution in [1.82, 2.24) is 9.97 Å². The highest BCUT2D eigenvalue weighted by molar-refractivity contribution is 6.30. The lowest BCUT2D eigenvalue weighted by atomic mass is 9.87. The molecule has 0 unspecified atom stereocenters. The molecule has 1 saturated carbocycles. The van der Waals surface area contributed by atoms with Gasteiger partial charge in [0.2, 0.25) is 5.95 Å². The van der Waals surface area contributed by atoms with Crippen LogP contribution in [0, 0.1) is 5.41 Å². The van der Waals surface area contributed by atoms with Crippen molar-refractivity contribution in [2.24, 2.45) is 5.41 Å². The highest BCUT2D eigenvalue weighted by Crippen LogP contribution is 2.38. The fourth-order valence-electron chi connectivity index (χ4n) is 2.57. The molecule has 1 N–H and O–H groups in total. The summed E-state index contributed by atoms with van der Waals surface area (Å²) in [5.41, 5.74) is 0.0255. The second-order valence-corrected chi connectivity index (χ2v) is 5.36. The number of rotatable bonds is 4. The van der Waals surface area contributed by atoms with Crippen LogP contribution in [0.2, 0.25) is 5.02 Å². The standard InChI is InChI=1S/C12H18ClN3O/c1-16(11-14-6-10(13)7-15-11)8-12(9-17)4-2-3-5-12/h6-7,17H,2-5,8-9H2,1H3. The van der Waals surface area contributed by atoms with E-state index in [2.05, 4.69) is 9.97 Å². The van der Waals surface area contributed by atoms with Gasteiger partial charge in [-0.3, -0.25) is 0 Å². The molecule has 0 bridgehead atoms. The first kappa shape index (κ1) is 12.6. The summed E-state index contributed by atoms with van der Waals surface area (Å²) in [6, 6.07) is 0. The highest BCUT2D eigenvalue weighted by Gasteiger charge is 2.34.